The standard InChI is InChI=1S/C24H24ClNO3/c1-15-11-20-18(13-26(14-28-20)17-8-3-2-4-9-17)24-22(15)23(27)21(29-24)12-16-7-5-6-10-19(16)25/h5-7,10-12,17H,2-4,8-9,13-14H2,1H3/b21-12-. The number of hydrogen-bond donors (Lipinski definition) is 0. The Balaban J connectivity index is 1.50. The molecule has 0 amide bonds. The van der Waals surface area contributed by atoms with Crippen LogP contribution in [0.3, 0.4) is 0 Å². The smallest absolute Gasteiger partial charge is 0.232 e. The third kappa shape index (κ3) is 3.34. The fourth-order valence-corrected chi connectivity index (χ4v) is 4.85. The Bertz CT molecular complexity index is 1010. The summed E-state index contributed by atoms with van der Waals surface area (Å²) in [6.07, 6.45) is 8.04. The van der Waals surface area contributed by atoms with Crippen molar-refractivity contribution in [1.29, 1.82) is 0 Å². The van der Waals surface area contributed by atoms with Crippen LogP contribution in [0.1, 0.15) is 59.2 Å². The highest BCUT2D eigenvalue weighted by Crippen LogP contribution is 2.45. The average molecular weight is 410 g/mol. The number of ether oxygens (including phenoxy) is 2. The third-order valence-corrected chi connectivity index (χ3v) is 6.58. The van der Waals surface area contributed by atoms with Crippen LogP contribution in [0, 0.1) is 6.92 Å². The number of rotatable bonds is 2. The molecule has 0 N–H and O–H groups in total. The molecule has 5 heteroatoms. The van der Waals surface area contributed by atoms with Crippen LogP contribution in [-0.2, 0) is 6.54 Å². The van der Waals surface area contributed by atoms with Crippen molar-refractivity contribution in [1.82, 2.24) is 4.90 Å². The van der Waals surface area contributed by atoms with E-state index in [2.05, 4.69) is 4.90 Å². The van der Waals surface area contributed by atoms with Gasteiger partial charge in [0.2, 0.25) is 5.78 Å². The van der Waals surface area contributed by atoms with Gasteiger partial charge in [0.05, 0.1) is 11.1 Å². The number of halogens is 1. The van der Waals surface area contributed by atoms with Crippen molar-refractivity contribution in [3.05, 3.63) is 63.4 Å². The Kier molecular flexibility index (Phi) is 4.84. The Hall–Kier alpha value is -2.30. The lowest BCUT2D eigenvalue weighted by atomic mass is 9.93. The van der Waals surface area contributed by atoms with Crippen LogP contribution in [0.2, 0.25) is 5.02 Å². The minimum atomic E-state index is -0.0880. The number of allylic oxidation sites excluding steroid dienone is 1. The number of aryl methyl sites for hydroxylation is 1. The van der Waals surface area contributed by atoms with Gasteiger partial charge in [0, 0.05) is 17.6 Å². The normalized spacial score (nSPS) is 20.9. The highest BCUT2D eigenvalue weighted by Gasteiger charge is 2.36. The summed E-state index contributed by atoms with van der Waals surface area (Å²) in [5.41, 5.74) is 3.30. The van der Waals surface area contributed by atoms with Crippen LogP contribution in [0.15, 0.2) is 36.1 Å². The van der Waals surface area contributed by atoms with Crippen LogP contribution in [0.25, 0.3) is 6.08 Å². The summed E-state index contributed by atoms with van der Waals surface area (Å²) in [6.45, 7) is 3.30. The fourth-order valence-electron chi connectivity index (χ4n) is 4.66. The van der Waals surface area contributed by atoms with Gasteiger partial charge in [-0.25, -0.2) is 0 Å². The predicted molar refractivity (Wildman–Crippen MR) is 113 cm³/mol. The van der Waals surface area contributed by atoms with E-state index >= 15 is 0 Å². The third-order valence-electron chi connectivity index (χ3n) is 6.23. The second-order valence-electron chi connectivity index (χ2n) is 8.15. The van der Waals surface area contributed by atoms with Gasteiger partial charge in [0.25, 0.3) is 0 Å². The maximum Gasteiger partial charge on any atom is 0.232 e. The van der Waals surface area contributed by atoms with Crippen molar-refractivity contribution >= 4 is 23.5 Å². The first-order valence-electron chi connectivity index (χ1n) is 10.3. The minimum Gasteiger partial charge on any atom is -0.478 e. The molecule has 0 bridgehead atoms. The van der Waals surface area contributed by atoms with Crippen molar-refractivity contribution in [2.75, 3.05) is 6.73 Å². The van der Waals surface area contributed by atoms with E-state index in [4.69, 9.17) is 21.1 Å². The van der Waals surface area contributed by atoms with Crippen molar-refractivity contribution in [3.8, 4) is 11.5 Å². The van der Waals surface area contributed by atoms with E-state index in [1.54, 1.807) is 6.08 Å². The molecule has 2 heterocycles. The summed E-state index contributed by atoms with van der Waals surface area (Å²) in [6, 6.07) is 9.98. The molecular weight excluding hydrogens is 386 g/mol. The molecule has 1 saturated carbocycles. The number of Topliss-reactive ketones (excluding diaryl/α,β-unsaturated/α-hetero) is 1. The van der Waals surface area contributed by atoms with Gasteiger partial charge in [-0.1, -0.05) is 49.1 Å². The summed E-state index contributed by atoms with van der Waals surface area (Å²) in [5, 5.41) is 0.595. The number of nitrogens with zero attached hydrogens (tertiary/aromatic N) is 1. The van der Waals surface area contributed by atoms with E-state index in [0.717, 1.165) is 29.0 Å². The molecule has 0 saturated heterocycles. The Morgan fingerprint density at radius 1 is 1.17 bits per heavy atom. The topological polar surface area (TPSA) is 38.8 Å². The Morgan fingerprint density at radius 2 is 1.97 bits per heavy atom. The number of carbonyl (C=O) groups is 1. The van der Waals surface area contributed by atoms with Crippen molar-refractivity contribution in [2.45, 2.75) is 51.6 Å². The first kappa shape index (κ1) is 18.7. The van der Waals surface area contributed by atoms with Crippen molar-refractivity contribution in [2.24, 2.45) is 0 Å². The van der Waals surface area contributed by atoms with Gasteiger partial charge in [-0.2, -0.15) is 0 Å². The molecule has 0 spiro atoms. The zero-order chi connectivity index (χ0) is 20.0. The molecular formula is C24H24ClNO3. The summed E-state index contributed by atoms with van der Waals surface area (Å²) >= 11 is 6.28. The minimum absolute atomic E-state index is 0.0880. The Labute approximate surface area is 176 Å². The molecule has 4 nitrogen and oxygen atoms in total. The highest BCUT2D eigenvalue weighted by atomic mass is 35.5. The molecule has 0 aromatic heterocycles. The molecule has 1 fully saturated rings. The van der Waals surface area contributed by atoms with Crippen LogP contribution in [0.4, 0.5) is 0 Å². The molecule has 5 rings (SSSR count). The van der Waals surface area contributed by atoms with Gasteiger partial charge >= 0.3 is 0 Å². The molecule has 150 valence electrons. The second-order valence-corrected chi connectivity index (χ2v) is 8.55. The lowest BCUT2D eigenvalue weighted by Crippen LogP contribution is -2.41. The van der Waals surface area contributed by atoms with Crippen LogP contribution >= 0.6 is 11.6 Å². The van der Waals surface area contributed by atoms with Gasteiger partial charge in [-0.05, 0) is 49.1 Å². The maximum absolute atomic E-state index is 13.1. The van der Waals surface area contributed by atoms with Gasteiger partial charge in [-0.3, -0.25) is 9.69 Å². The number of hydrogen-bond acceptors (Lipinski definition) is 4. The van der Waals surface area contributed by atoms with Gasteiger partial charge in [0.1, 0.15) is 18.2 Å². The summed E-state index contributed by atoms with van der Waals surface area (Å²) in [5.74, 6) is 1.72. The molecule has 29 heavy (non-hydrogen) atoms. The summed E-state index contributed by atoms with van der Waals surface area (Å²) < 4.78 is 12.2. The predicted octanol–water partition coefficient (Wildman–Crippen LogP) is 5.75. The summed E-state index contributed by atoms with van der Waals surface area (Å²) in [7, 11) is 0. The number of ketones is 1. The molecule has 1 aliphatic carbocycles. The molecule has 2 aromatic rings. The maximum atomic E-state index is 13.1. The van der Waals surface area contributed by atoms with Gasteiger partial charge < -0.3 is 9.47 Å². The van der Waals surface area contributed by atoms with E-state index in [1.807, 2.05) is 37.3 Å². The van der Waals surface area contributed by atoms with E-state index in [1.165, 1.54) is 32.1 Å². The van der Waals surface area contributed by atoms with E-state index in [9.17, 15) is 4.79 Å². The molecule has 2 aliphatic heterocycles. The largest absolute Gasteiger partial charge is 0.478 e. The molecule has 0 atom stereocenters. The summed E-state index contributed by atoms with van der Waals surface area (Å²) in [4.78, 5) is 15.5. The Morgan fingerprint density at radius 3 is 2.76 bits per heavy atom. The van der Waals surface area contributed by atoms with Crippen LogP contribution < -0.4 is 9.47 Å². The lowest BCUT2D eigenvalue weighted by Gasteiger charge is -2.37. The van der Waals surface area contributed by atoms with E-state index < -0.39 is 0 Å². The van der Waals surface area contributed by atoms with Crippen LogP contribution in [-0.4, -0.2) is 23.5 Å². The van der Waals surface area contributed by atoms with Gasteiger partial charge in [-0.15, -0.1) is 0 Å². The first-order valence-corrected chi connectivity index (χ1v) is 10.7. The zero-order valence-corrected chi connectivity index (χ0v) is 17.3. The van der Waals surface area contributed by atoms with Crippen LogP contribution in [0.5, 0.6) is 11.5 Å². The second kappa shape index (κ2) is 7.51. The molecule has 3 aliphatic rings. The van der Waals surface area contributed by atoms with E-state index in [-0.39, 0.29) is 5.78 Å². The molecule has 2 aromatic carbocycles. The highest BCUT2D eigenvalue weighted by molar-refractivity contribution is 6.32. The van der Waals surface area contributed by atoms with Gasteiger partial charge in [0.15, 0.2) is 5.76 Å². The average Bonchev–Trinajstić information content (AvgIpc) is 3.07. The molecule has 0 unspecified atom stereocenters. The van der Waals surface area contributed by atoms with Crippen molar-refractivity contribution in [3.63, 3.8) is 0 Å². The monoisotopic (exact) mass is 409 g/mol. The SMILES string of the molecule is Cc1cc2c(c3c1C(=O)/C(=C/c1ccccc1Cl)O3)CN(C1CCCCC1)CO2. The fraction of sp³-hybridized carbons (Fsp3) is 0.375. The quantitative estimate of drug-likeness (QED) is 0.592. The number of carbonyl (C=O) groups excluding carboxylic acids is 1. The lowest BCUT2D eigenvalue weighted by molar-refractivity contribution is 0.0393. The zero-order valence-electron chi connectivity index (χ0n) is 16.5. The molecule has 0 radical (unpaired) electrons. The van der Waals surface area contributed by atoms with E-state index in [0.29, 0.717) is 34.9 Å². The van der Waals surface area contributed by atoms with Crippen molar-refractivity contribution < 1.29 is 14.3 Å². The first-order chi connectivity index (χ1) is 14.1. The number of benzene rings is 2. The number of fused-ring (bicyclic) bond motifs is 3.